The molecule has 1 saturated carbocycles. The van der Waals surface area contributed by atoms with Gasteiger partial charge in [0.1, 0.15) is 0 Å². The molecule has 1 amide bonds. The van der Waals surface area contributed by atoms with E-state index in [1.165, 1.54) is 0 Å². The molecule has 168 valence electrons. The molecule has 3 heterocycles. The van der Waals surface area contributed by atoms with Crippen LogP contribution in [0.25, 0.3) is 28.2 Å². The average Bonchev–Trinajstić information content (AvgIpc) is 3.54. The Kier molecular flexibility index (Phi) is 5.87. The van der Waals surface area contributed by atoms with Crippen LogP contribution in [0.2, 0.25) is 0 Å². The monoisotopic (exact) mass is 460 g/mol. The van der Waals surface area contributed by atoms with Crippen molar-refractivity contribution in [3.05, 3.63) is 66.7 Å². The van der Waals surface area contributed by atoms with Crippen LogP contribution in [-0.4, -0.2) is 54.1 Å². The van der Waals surface area contributed by atoms with Gasteiger partial charge in [0.05, 0.1) is 17.6 Å². The van der Waals surface area contributed by atoms with E-state index in [1.807, 2.05) is 47.0 Å². The Balaban J connectivity index is 1.52. The summed E-state index contributed by atoms with van der Waals surface area (Å²) in [6.45, 7) is 0.526. The van der Waals surface area contributed by atoms with Gasteiger partial charge >= 0.3 is 0 Å². The molecule has 1 fully saturated rings. The van der Waals surface area contributed by atoms with E-state index in [9.17, 15) is 9.00 Å². The second-order valence-corrected chi connectivity index (χ2v) is 9.63. The maximum absolute atomic E-state index is 12.3. The molecule has 3 aromatic heterocycles. The van der Waals surface area contributed by atoms with Gasteiger partial charge in [-0.3, -0.25) is 18.4 Å². The van der Waals surface area contributed by atoms with E-state index in [-0.39, 0.29) is 5.91 Å². The van der Waals surface area contributed by atoms with E-state index in [1.54, 1.807) is 24.8 Å². The Morgan fingerprint density at radius 1 is 1.12 bits per heavy atom. The standard InChI is InChI=1S/C24H24N6O2S/c1-33(32)13-12-26-22-23-27-14-21(30(23)15-20(29-22)16-8-10-25-11-9-16)17-2-4-18(5-3-17)24(31)28-19-6-7-19/h2-5,8-11,14-15,19H,6-7,12-13H2,1H3,(H,26,29)(H,28,31). The number of nitrogens with zero attached hydrogens (tertiary/aromatic N) is 4. The molecule has 33 heavy (non-hydrogen) atoms. The number of amides is 1. The summed E-state index contributed by atoms with van der Waals surface area (Å²) in [7, 11) is -0.903. The number of rotatable bonds is 8. The number of hydrogen-bond donors (Lipinski definition) is 2. The normalized spacial score (nSPS) is 14.2. The lowest BCUT2D eigenvalue weighted by atomic mass is 10.1. The molecule has 0 bridgehead atoms. The molecule has 1 aliphatic carbocycles. The van der Waals surface area contributed by atoms with Crippen molar-refractivity contribution in [1.29, 1.82) is 0 Å². The van der Waals surface area contributed by atoms with Gasteiger partial charge in [0, 0.05) is 70.7 Å². The van der Waals surface area contributed by atoms with Crippen molar-refractivity contribution >= 4 is 28.2 Å². The zero-order valence-electron chi connectivity index (χ0n) is 18.2. The number of benzene rings is 1. The minimum absolute atomic E-state index is 0.0360. The summed E-state index contributed by atoms with van der Waals surface area (Å²) < 4.78 is 13.5. The Morgan fingerprint density at radius 2 is 1.88 bits per heavy atom. The van der Waals surface area contributed by atoms with Crippen LogP contribution < -0.4 is 10.6 Å². The molecular weight excluding hydrogens is 436 g/mol. The highest BCUT2D eigenvalue weighted by molar-refractivity contribution is 7.84. The van der Waals surface area contributed by atoms with Crippen LogP contribution in [0.15, 0.2) is 61.2 Å². The number of fused-ring (bicyclic) bond motifs is 1. The summed E-state index contributed by atoms with van der Waals surface area (Å²) in [5.41, 5.74) is 4.86. The number of pyridine rings is 1. The molecule has 0 radical (unpaired) electrons. The van der Waals surface area contributed by atoms with E-state index in [0.717, 1.165) is 35.4 Å². The number of aromatic nitrogens is 4. The lowest BCUT2D eigenvalue weighted by molar-refractivity contribution is 0.0951. The average molecular weight is 461 g/mol. The molecule has 8 nitrogen and oxygen atoms in total. The zero-order valence-corrected chi connectivity index (χ0v) is 19.0. The first-order valence-corrected chi connectivity index (χ1v) is 12.5. The summed E-state index contributed by atoms with van der Waals surface area (Å²) in [6.07, 6.45) is 11.0. The van der Waals surface area contributed by atoms with Gasteiger partial charge in [-0.25, -0.2) is 9.97 Å². The van der Waals surface area contributed by atoms with Crippen LogP contribution in [0.4, 0.5) is 5.82 Å². The van der Waals surface area contributed by atoms with E-state index < -0.39 is 10.8 Å². The van der Waals surface area contributed by atoms with Crippen molar-refractivity contribution in [2.24, 2.45) is 0 Å². The summed E-state index contributed by atoms with van der Waals surface area (Å²) in [5, 5.41) is 6.30. The smallest absolute Gasteiger partial charge is 0.251 e. The fourth-order valence-electron chi connectivity index (χ4n) is 3.58. The van der Waals surface area contributed by atoms with Crippen molar-refractivity contribution in [2.45, 2.75) is 18.9 Å². The van der Waals surface area contributed by atoms with Gasteiger partial charge in [0.15, 0.2) is 11.5 Å². The Bertz CT molecular complexity index is 1320. The van der Waals surface area contributed by atoms with Crippen LogP contribution in [0.5, 0.6) is 0 Å². The number of hydrogen-bond acceptors (Lipinski definition) is 6. The molecular formula is C24H24N6O2S. The first kappa shape index (κ1) is 21.3. The van der Waals surface area contributed by atoms with Gasteiger partial charge in [-0.15, -0.1) is 0 Å². The molecule has 1 atom stereocenters. The third-order valence-electron chi connectivity index (χ3n) is 5.51. The molecule has 1 aromatic carbocycles. The molecule has 1 aliphatic rings. The highest BCUT2D eigenvalue weighted by Gasteiger charge is 2.23. The van der Waals surface area contributed by atoms with Crippen molar-refractivity contribution in [3.8, 4) is 22.5 Å². The van der Waals surface area contributed by atoms with Crippen LogP contribution in [0.3, 0.4) is 0 Å². The topological polar surface area (TPSA) is 101 Å². The maximum atomic E-state index is 12.3. The number of carbonyl (C=O) groups excluding carboxylic acids is 1. The van der Waals surface area contributed by atoms with Crippen LogP contribution >= 0.6 is 0 Å². The number of nitrogens with one attached hydrogen (secondary N) is 2. The summed E-state index contributed by atoms with van der Waals surface area (Å²) >= 11 is 0. The SMILES string of the molecule is CS(=O)CCNc1nc(-c2ccncc2)cn2c(-c3ccc(C(=O)NC4CC4)cc3)cnc12. The molecule has 5 rings (SSSR count). The Morgan fingerprint density at radius 3 is 2.58 bits per heavy atom. The quantitative estimate of drug-likeness (QED) is 0.419. The molecule has 0 saturated heterocycles. The Hall–Kier alpha value is -3.59. The molecule has 4 aromatic rings. The first-order valence-electron chi connectivity index (χ1n) is 10.8. The maximum Gasteiger partial charge on any atom is 0.251 e. The fourth-order valence-corrected chi connectivity index (χ4v) is 3.97. The van der Waals surface area contributed by atoms with Gasteiger partial charge in [-0.05, 0) is 37.1 Å². The fraction of sp³-hybridized carbons (Fsp3) is 0.250. The minimum atomic E-state index is -0.903. The van der Waals surface area contributed by atoms with Gasteiger partial charge in [0.25, 0.3) is 5.91 Å². The van der Waals surface area contributed by atoms with Crippen molar-refractivity contribution in [3.63, 3.8) is 0 Å². The first-order chi connectivity index (χ1) is 16.1. The third kappa shape index (κ3) is 4.78. The van der Waals surface area contributed by atoms with Gasteiger partial charge in [0.2, 0.25) is 0 Å². The van der Waals surface area contributed by atoms with Crippen LogP contribution in [0.1, 0.15) is 23.2 Å². The predicted molar refractivity (Wildman–Crippen MR) is 130 cm³/mol. The highest BCUT2D eigenvalue weighted by atomic mass is 32.2. The number of anilines is 1. The second kappa shape index (κ2) is 9.11. The van der Waals surface area contributed by atoms with Crippen LogP contribution in [-0.2, 0) is 10.8 Å². The molecule has 2 N–H and O–H groups in total. The van der Waals surface area contributed by atoms with Gasteiger partial charge in [-0.1, -0.05) is 12.1 Å². The minimum Gasteiger partial charge on any atom is -0.366 e. The summed E-state index contributed by atoms with van der Waals surface area (Å²) in [5.74, 6) is 1.11. The van der Waals surface area contributed by atoms with Crippen molar-refractivity contribution in [2.75, 3.05) is 23.9 Å². The lowest BCUT2D eigenvalue weighted by Crippen LogP contribution is -2.25. The second-order valence-electron chi connectivity index (χ2n) is 8.08. The Labute approximate surface area is 194 Å². The lowest BCUT2D eigenvalue weighted by Gasteiger charge is -2.11. The van der Waals surface area contributed by atoms with E-state index in [4.69, 9.17) is 4.98 Å². The number of carbonyl (C=O) groups is 1. The highest BCUT2D eigenvalue weighted by Crippen LogP contribution is 2.28. The van der Waals surface area contributed by atoms with E-state index in [0.29, 0.717) is 35.4 Å². The van der Waals surface area contributed by atoms with Crippen molar-refractivity contribution in [1.82, 2.24) is 24.7 Å². The van der Waals surface area contributed by atoms with Crippen LogP contribution in [0, 0.1) is 0 Å². The van der Waals surface area contributed by atoms with Gasteiger partial charge < -0.3 is 10.6 Å². The largest absolute Gasteiger partial charge is 0.366 e. The molecule has 0 aliphatic heterocycles. The van der Waals surface area contributed by atoms with Gasteiger partial charge in [-0.2, -0.15) is 0 Å². The summed E-state index contributed by atoms with van der Waals surface area (Å²) in [4.78, 5) is 25.8. The summed E-state index contributed by atoms with van der Waals surface area (Å²) in [6, 6.07) is 11.7. The third-order valence-corrected chi connectivity index (χ3v) is 6.28. The molecule has 1 unspecified atom stereocenters. The molecule has 0 spiro atoms. The van der Waals surface area contributed by atoms with E-state index in [2.05, 4.69) is 20.6 Å². The zero-order chi connectivity index (χ0) is 22.8. The number of imidazole rings is 1. The molecule has 9 heteroatoms. The van der Waals surface area contributed by atoms with E-state index >= 15 is 0 Å². The predicted octanol–water partition coefficient (Wildman–Crippen LogP) is 3.14. The van der Waals surface area contributed by atoms with Crippen molar-refractivity contribution < 1.29 is 9.00 Å².